The molecule has 0 aliphatic carbocycles. The Kier molecular flexibility index (Phi) is 6.95. The van der Waals surface area contributed by atoms with Crippen LogP contribution in [0.4, 0.5) is 0 Å². The Hall–Kier alpha value is -0.626. The Morgan fingerprint density at radius 2 is 2.30 bits per heavy atom. The molecule has 0 saturated carbocycles. The molecule has 0 bridgehead atoms. The fourth-order valence-corrected chi connectivity index (χ4v) is 2.42. The Labute approximate surface area is 152 Å². The number of hydrogen-bond donors (Lipinski definition) is 0. The zero-order valence-electron chi connectivity index (χ0n) is 11.1. The number of ether oxygens (including phenoxy) is 1. The Morgan fingerprint density at radius 1 is 1.55 bits per heavy atom. The Bertz CT molecular complexity index is 578. The summed E-state index contributed by atoms with van der Waals surface area (Å²) in [7, 11) is 1.76. The van der Waals surface area contributed by atoms with E-state index in [1.807, 2.05) is 18.2 Å². The topological polar surface area (TPSA) is 29.5 Å². The maximum atomic E-state index is 11.7. The van der Waals surface area contributed by atoms with Gasteiger partial charge in [-0.05, 0) is 12.1 Å². The van der Waals surface area contributed by atoms with E-state index in [0.29, 0.717) is 18.6 Å². The molecule has 0 atom stereocenters. The summed E-state index contributed by atoms with van der Waals surface area (Å²) in [5, 5.41) is 0. The summed E-state index contributed by atoms with van der Waals surface area (Å²) in [4.78, 5) is 13.3. The van der Waals surface area contributed by atoms with Gasteiger partial charge in [0.1, 0.15) is 12.4 Å². The molecular formula is C15H13BrNO2Y-. The van der Waals surface area contributed by atoms with Gasteiger partial charge in [-0.3, -0.25) is 4.79 Å². The summed E-state index contributed by atoms with van der Waals surface area (Å²) >= 11 is 3.49. The van der Waals surface area contributed by atoms with Crippen LogP contribution >= 0.6 is 15.9 Å². The largest absolute Gasteiger partial charge is 0.481 e. The minimum Gasteiger partial charge on any atom is -0.481 e. The molecule has 0 aromatic heterocycles. The van der Waals surface area contributed by atoms with Gasteiger partial charge in [0.15, 0.2) is 0 Å². The minimum atomic E-state index is 0. The van der Waals surface area contributed by atoms with Gasteiger partial charge in [-0.2, -0.15) is 0 Å². The molecule has 1 radical (unpaired) electrons. The van der Waals surface area contributed by atoms with E-state index in [4.69, 9.17) is 11.2 Å². The number of carbonyl (C=O) groups is 1. The van der Waals surface area contributed by atoms with E-state index in [0.717, 1.165) is 15.7 Å². The molecule has 5 heteroatoms. The van der Waals surface area contributed by atoms with Crippen LogP contribution < -0.4 is 4.74 Å². The van der Waals surface area contributed by atoms with Gasteiger partial charge >= 0.3 is 0 Å². The summed E-state index contributed by atoms with van der Waals surface area (Å²) in [5.74, 6) is 3.22. The molecule has 20 heavy (non-hydrogen) atoms. The van der Waals surface area contributed by atoms with Gasteiger partial charge in [-0.1, -0.05) is 26.3 Å². The first-order valence-electron chi connectivity index (χ1n) is 5.87. The first kappa shape index (κ1) is 17.4. The smallest absolute Gasteiger partial charge is 0.222 e. The minimum absolute atomic E-state index is 0. The van der Waals surface area contributed by atoms with E-state index in [1.165, 1.54) is 0 Å². The van der Waals surface area contributed by atoms with Crippen LogP contribution in [0, 0.1) is 18.4 Å². The van der Waals surface area contributed by atoms with E-state index >= 15 is 0 Å². The van der Waals surface area contributed by atoms with E-state index in [-0.39, 0.29) is 45.2 Å². The third-order valence-corrected chi connectivity index (χ3v) is 3.51. The number of halogens is 1. The van der Waals surface area contributed by atoms with Gasteiger partial charge in [0.05, 0.1) is 0 Å². The van der Waals surface area contributed by atoms with Crippen LogP contribution in [0.25, 0.3) is 5.70 Å². The predicted molar refractivity (Wildman–Crippen MR) is 77.1 cm³/mol. The number of amides is 1. The third kappa shape index (κ3) is 3.94. The molecule has 1 heterocycles. The van der Waals surface area contributed by atoms with Crippen LogP contribution in [0.1, 0.15) is 18.4 Å². The van der Waals surface area contributed by atoms with Gasteiger partial charge in [0.25, 0.3) is 0 Å². The van der Waals surface area contributed by atoms with Crippen molar-refractivity contribution in [2.24, 2.45) is 0 Å². The number of benzene rings is 1. The zero-order chi connectivity index (χ0) is 13.8. The number of allylic oxidation sites excluding steroid dienone is 1. The Morgan fingerprint density at radius 3 is 2.95 bits per heavy atom. The SMILES string of the molecule is C#CCOc1ccc(C2=[C-]CCC(=O)N2C)c(Br)c1.[Y]. The van der Waals surface area contributed by atoms with E-state index < -0.39 is 0 Å². The summed E-state index contributed by atoms with van der Waals surface area (Å²) in [6.07, 6.45) is 9.56. The average Bonchev–Trinajstić information content (AvgIpc) is 2.40. The number of nitrogens with zero attached hydrogens (tertiary/aromatic N) is 1. The van der Waals surface area contributed by atoms with Crippen molar-refractivity contribution in [1.82, 2.24) is 4.90 Å². The third-order valence-electron chi connectivity index (χ3n) is 2.86. The molecule has 1 aromatic rings. The Balaban J connectivity index is 0.00000200. The maximum absolute atomic E-state index is 11.7. The number of hydrogen-bond acceptors (Lipinski definition) is 2. The molecule has 0 saturated heterocycles. The molecule has 1 aromatic carbocycles. The normalized spacial score (nSPS) is 14.2. The molecule has 0 fully saturated rings. The molecule has 0 unspecified atom stereocenters. The second kappa shape index (κ2) is 7.97. The van der Waals surface area contributed by atoms with Gasteiger partial charge in [0, 0.05) is 46.2 Å². The fraction of sp³-hybridized carbons (Fsp3) is 0.267. The molecule has 3 nitrogen and oxygen atoms in total. The van der Waals surface area contributed by atoms with E-state index in [9.17, 15) is 4.79 Å². The van der Waals surface area contributed by atoms with Crippen LogP contribution in [0.5, 0.6) is 5.75 Å². The van der Waals surface area contributed by atoms with Crippen LogP contribution in [-0.4, -0.2) is 24.5 Å². The molecular weight excluding hydrogens is 395 g/mol. The monoisotopic (exact) mass is 407 g/mol. The quantitative estimate of drug-likeness (QED) is 0.569. The van der Waals surface area contributed by atoms with Crippen molar-refractivity contribution < 1.29 is 42.2 Å². The van der Waals surface area contributed by atoms with Crippen LogP contribution in [0.15, 0.2) is 22.7 Å². The molecule has 0 N–H and O–H groups in total. The van der Waals surface area contributed by atoms with Crippen molar-refractivity contribution in [2.45, 2.75) is 12.8 Å². The van der Waals surface area contributed by atoms with Crippen molar-refractivity contribution in [1.29, 1.82) is 0 Å². The summed E-state index contributed by atoms with van der Waals surface area (Å²) < 4.78 is 6.20. The first-order valence-corrected chi connectivity index (χ1v) is 6.66. The standard InChI is InChI=1S/C15H13BrNO2.Y/c1-3-9-19-11-7-8-12(13(16)10-11)14-5-4-6-15(18)17(14)2;/h1,7-8,10H,4,6,9H2,2H3;/q-1;. The molecule has 1 aliphatic rings. The van der Waals surface area contributed by atoms with Crippen molar-refractivity contribution in [3.05, 3.63) is 34.3 Å². The average molecular weight is 408 g/mol. The van der Waals surface area contributed by atoms with Gasteiger partial charge in [-0.15, -0.1) is 30.2 Å². The van der Waals surface area contributed by atoms with E-state index in [2.05, 4.69) is 27.9 Å². The maximum Gasteiger partial charge on any atom is 0.222 e. The second-order valence-corrected chi connectivity index (χ2v) is 4.97. The summed E-state index contributed by atoms with van der Waals surface area (Å²) in [5.41, 5.74) is 1.72. The molecule has 1 aliphatic heterocycles. The molecule has 2 rings (SSSR count). The van der Waals surface area contributed by atoms with Gasteiger partial charge in [-0.25, -0.2) is 6.08 Å². The summed E-state index contributed by atoms with van der Waals surface area (Å²) in [6, 6.07) is 5.57. The first-order chi connectivity index (χ1) is 9.13. The van der Waals surface area contributed by atoms with E-state index in [1.54, 1.807) is 11.9 Å². The van der Waals surface area contributed by atoms with Gasteiger partial charge < -0.3 is 9.64 Å². The predicted octanol–water partition coefficient (Wildman–Crippen LogP) is 2.85. The number of carbonyl (C=O) groups excluding carboxylic acids is 1. The van der Waals surface area contributed by atoms with Crippen molar-refractivity contribution in [3.8, 4) is 18.1 Å². The molecule has 101 valence electrons. The number of terminal acetylenes is 1. The van der Waals surface area contributed by atoms with Crippen LogP contribution in [0.2, 0.25) is 0 Å². The van der Waals surface area contributed by atoms with Crippen molar-refractivity contribution in [2.75, 3.05) is 13.7 Å². The van der Waals surface area contributed by atoms with Crippen molar-refractivity contribution >= 4 is 27.5 Å². The second-order valence-electron chi connectivity index (χ2n) is 4.11. The molecule has 0 spiro atoms. The zero-order valence-corrected chi connectivity index (χ0v) is 15.6. The fourth-order valence-electron chi connectivity index (χ4n) is 1.88. The van der Waals surface area contributed by atoms with Crippen LogP contribution in [0.3, 0.4) is 0 Å². The molecule has 1 amide bonds. The van der Waals surface area contributed by atoms with Crippen molar-refractivity contribution in [3.63, 3.8) is 0 Å². The van der Waals surface area contributed by atoms with Gasteiger partial charge in [0.2, 0.25) is 5.91 Å². The van der Waals surface area contributed by atoms with Crippen LogP contribution in [-0.2, 0) is 37.5 Å². The summed E-state index contributed by atoms with van der Waals surface area (Å²) in [6.45, 7) is 0.235. The number of rotatable bonds is 3.